The van der Waals surface area contributed by atoms with Crippen LogP contribution in [0.4, 0.5) is 17.1 Å². The third-order valence-electron chi connectivity index (χ3n) is 9.27. The van der Waals surface area contributed by atoms with Gasteiger partial charge >= 0.3 is 6.85 Å². The van der Waals surface area contributed by atoms with E-state index in [1.165, 1.54) is 82.1 Å². The number of hydrogen-bond donors (Lipinski definition) is 0. The van der Waals surface area contributed by atoms with E-state index in [-0.39, 0.29) is 6.85 Å². The van der Waals surface area contributed by atoms with Crippen molar-refractivity contribution in [3.63, 3.8) is 0 Å². The molecular weight excluding hydrogens is 527 g/mol. The summed E-state index contributed by atoms with van der Waals surface area (Å²) in [5.41, 5.74) is 14.2. The molecule has 6 aromatic carbocycles. The highest BCUT2D eigenvalue weighted by Gasteiger charge is 2.42. The zero-order valence-electron chi connectivity index (χ0n) is 22.7. The minimum Gasteiger partial charge on any atom is -0.375 e. The molecule has 0 aliphatic carbocycles. The van der Waals surface area contributed by atoms with Gasteiger partial charge in [0.05, 0.1) is 5.69 Å². The summed E-state index contributed by atoms with van der Waals surface area (Å²) in [6, 6.07) is 49.4. The van der Waals surface area contributed by atoms with Crippen LogP contribution in [0.15, 0.2) is 139 Å². The Labute approximate surface area is 247 Å². The van der Waals surface area contributed by atoms with E-state index < -0.39 is 0 Å². The van der Waals surface area contributed by atoms with Crippen LogP contribution in [0.3, 0.4) is 0 Å². The highest BCUT2D eigenvalue weighted by atomic mass is 32.1. The van der Waals surface area contributed by atoms with Crippen LogP contribution < -0.4 is 15.8 Å². The molecule has 0 saturated heterocycles. The van der Waals surface area contributed by atoms with Gasteiger partial charge in [-0.15, -0.1) is 11.3 Å². The first kappa shape index (κ1) is 22.6. The number of para-hydroxylation sites is 3. The Kier molecular flexibility index (Phi) is 4.44. The predicted molar refractivity (Wildman–Crippen MR) is 181 cm³/mol. The first-order valence-electron chi connectivity index (χ1n) is 14.5. The first-order chi connectivity index (χ1) is 20.9. The second kappa shape index (κ2) is 8.25. The van der Waals surface area contributed by atoms with Crippen LogP contribution in [0.5, 0.6) is 0 Å². The first-order valence-corrected chi connectivity index (χ1v) is 15.4. The molecule has 4 heteroatoms. The fourth-order valence-corrected chi connectivity index (χ4v) is 8.46. The molecule has 0 fully saturated rings. The van der Waals surface area contributed by atoms with Crippen LogP contribution >= 0.6 is 11.3 Å². The number of nitrogens with zero attached hydrogens (tertiary/aromatic N) is 2. The van der Waals surface area contributed by atoms with Gasteiger partial charge < -0.3 is 9.38 Å². The molecule has 2 aliphatic heterocycles. The van der Waals surface area contributed by atoms with Crippen molar-refractivity contribution < 1.29 is 0 Å². The lowest BCUT2D eigenvalue weighted by molar-refractivity contribution is 1.26. The molecule has 0 unspecified atom stereocenters. The van der Waals surface area contributed by atoms with Crippen LogP contribution in [-0.4, -0.2) is 11.3 Å². The van der Waals surface area contributed by atoms with Gasteiger partial charge in [0.2, 0.25) is 0 Å². The van der Waals surface area contributed by atoms with E-state index in [1.807, 2.05) is 11.3 Å². The number of rotatable bonds is 2. The van der Waals surface area contributed by atoms with Crippen molar-refractivity contribution in [1.82, 2.24) is 4.48 Å². The molecule has 0 N–H and O–H groups in total. The minimum atomic E-state index is 0.0889. The van der Waals surface area contributed by atoms with Crippen LogP contribution in [0, 0.1) is 0 Å². The van der Waals surface area contributed by atoms with E-state index in [9.17, 15) is 0 Å². The Hall–Kier alpha value is -5.06. The molecule has 0 amide bonds. The summed E-state index contributed by atoms with van der Waals surface area (Å²) >= 11 is 1.81. The van der Waals surface area contributed by atoms with E-state index in [4.69, 9.17) is 0 Å². The summed E-state index contributed by atoms with van der Waals surface area (Å²) < 4.78 is 3.92. The fourth-order valence-electron chi connectivity index (χ4n) is 7.67. The van der Waals surface area contributed by atoms with Crippen molar-refractivity contribution in [2.45, 2.75) is 0 Å². The van der Waals surface area contributed by atoms with Crippen molar-refractivity contribution in [2.75, 3.05) is 4.90 Å². The minimum absolute atomic E-state index is 0.0889. The summed E-state index contributed by atoms with van der Waals surface area (Å²) in [4.78, 5) is 2.53. The van der Waals surface area contributed by atoms with Gasteiger partial charge in [0, 0.05) is 54.4 Å². The van der Waals surface area contributed by atoms with Crippen LogP contribution in [0.2, 0.25) is 0 Å². The van der Waals surface area contributed by atoms with Gasteiger partial charge in [-0.2, -0.15) is 0 Å². The Bertz CT molecular complexity index is 2380. The number of benzene rings is 6. The van der Waals surface area contributed by atoms with Crippen molar-refractivity contribution in [3.05, 3.63) is 139 Å². The standard InChI is InChI=1S/C38H23BN2S/c1-2-10-24(11-3-1)36-29-22-23-42-35(29)21-20-33(36)40-32-18-7-5-16-30(32)39-37-26(13-9-19-34(37)40)28-15-8-14-27-25-12-4-6-17-31(25)41(39)38(27)28/h1-23H. The highest BCUT2D eigenvalue weighted by molar-refractivity contribution is 7.17. The molecule has 0 atom stereocenters. The van der Waals surface area contributed by atoms with Crippen LogP contribution in [0.25, 0.3) is 54.1 Å². The zero-order chi connectivity index (χ0) is 27.4. The summed E-state index contributed by atoms with van der Waals surface area (Å²) in [6.45, 7) is 0.0889. The summed E-state index contributed by atoms with van der Waals surface area (Å²) in [5.74, 6) is 0. The fraction of sp³-hybridized carbons (Fsp3) is 0. The van der Waals surface area contributed by atoms with Gasteiger partial charge in [-0.3, -0.25) is 0 Å². The normalized spacial score (nSPS) is 13.1. The van der Waals surface area contributed by atoms with Crippen molar-refractivity contribution in [1.29, 1.82) is 0 Å². The van der Waals surface area contributed by atoms with Gasteiger partial charge in [0.15, 0.2) is 0 Å². The number of aromatic nitrogens is 1. The van der Waals surface area contributed by atoms with Gasteiger partial charge in [-0.05, 0) is 63.8 Å². The molecule has 42 heavy (non-hydrogen) atoms. The lowest BCUT2D eigenvalue weighted by Crippen LogP contribution is -2.56. The topological polar surface area (TPSA) is 8.17 Å². The average Bonchev–Trinajstić information content (AvgIpc) is 3.67. The number of fused-ring (bicyclic) bond motifs is 8. The summed E-state index contributed by atoms with van der Waals surface area (Å²) in [5, 5.41) is 6.16. The van der Waals surface area contributed by atoms with Crippen LogP contribution in [0.1, 0.15) is 0 Å². The smallest absolute Gasteiger partial charge is 0.333 e. The van der Waals surface area contributed by atoms with E-state index in [2.05, 4.69) is 148 Å². The lowest BCUT2D eigenvalue weighted by atomic mass is 9.45. The number of anilines is 3. The lowest BCUT2D eigenvalue weighted by Gasteiger charge is -2.41. The summed E-state index contributed by atoms with van der Waals surface area (Å²) in [7, 11) is 0. The van der Waals surface area contributed by atoms with Crippen molar-refractivity contribution in [2.24, 2.45) is 0 Å². The largest absolute Gasteiger partial charge is 0.375 e. The molecule has 2 aromatic heterocycles. The second-order valence-electron chi connectivity index (χ2n) is 11.3. The molecule has 10 rings (SSSR count). The molecular formula is C38H23BN2S. The average molecular weight is 550 g/mol. The Morgan fingerprint density at radius 1 is 0.524 bits per heavy atom. The Balaban J connectivity index is 1.35. The van der Waals surface area contributed by atoms with Crippen molar-refractivity contribution >= 4 is 78.1 Å². The van der Waals surface area contributed by atoms with E-state index >= 15 is 0 Å². The number of thiophene rings is 1. The summed E-state index contributed by atoms with van der Waals surface area (Å²) in [6.07, 6.45) is 0. The Morgan fingerprint density at radius 2 is 1.29 bits per heavy atom. The Morgan fingerprint density at radius 3 is 2.24 bits per heavy atom. The van der Waals surface area contributed by atoms with Gasteiger partial charge in [-0.25, -0.2) is 0 Å². The molecule has 0 bridgehead atoms. The van der Waals surface area contributed by atoms with Crippen molar-refractivity contribution in [3.8, 4) is 22.3 Å². The third-order valence-corrected chi connectivity index (χ3v) is 10.1. The maximum atomic E-state index is 2.61. The molecule has 2 aliphatic rings. The molecule has 4 heterocycles. The SMILES string of the molecule is c1ccc(-c2c(N3c4ccccc4B4c5c(cccc53)-c3cccc5c6ccccc6n4c35)ccc3sccc23)cc1. The monoisotopic (exact) mass is 550 g/mol. The molecule has 0 spiro atoms. The molecule has 0 radical (unpaired) electrons. The zero-order valence-corrected chi connectivity index (χ0v) is 23.5. The van der Waals surface area contributed by atoms with E-state index in [1.54, 1.807) is 0 Å². The molecule has 0 saturated carbocycles. The van der Waals surface area contributed by atoms with Gasteiger partial charge in [0.25, 0.3) is 0 Å². The van der Waals surface area contributed by atoms with Gasteiger partial charge in [-0.1, -0.05) is 97.1 Å². The second-order valence-corrected chi connectivity index (χ2v) is 12.2. The molecule has 2 nitrogen and oxygen atoms in total. The maximum absolute atomic E-state index is 2.61. The van der Waals surface area contributed by atoms with Crippen LogP contribution in [-0.2, 0) is 0 Å². The molecule has 8 aromatic rings. The molecule has 194 valence electrons. The van der Waals surface area contributed by atoms with Gasteiger partial charge in [0.1, 0.15) is 0 Å². The number of hydrogen-bond acceptors (Lipinski definition) is 2. The third kappa shape index (κ3) is 2.80. The van der Waals surface area contributed by atoms with E-state index in [0.29, 0.717) is 0 Å². The predicted octanol–water partition coefficient (Wildman–Crippen LogP) is 9.09. The maximum Gasteiger partial charge on any atom is 0.333 e. The quantitative estimate of drug-likeness (QED) is 0.195. The highest BCUT2D eigenvalue weighted by Crippen LogP contribution is 2.48. The van der Waals surface area contributed by atoms with E-state index in [0.717, 1.165) is 0 Å².